The predicted molar refractivity (Wildman–Crippen MR) is 48.1 cm³/mol. The minimum atomic E-state index is -0.0941. The maximum atomic E-state index is 4.13. The highest BCUT2D eigenvalue weighted by Gasteiger charge is 2.18. The number of hydrogen-bond acceptors (Lipinski definition) is 4. The van der Waals surface area contributed by atoms with Gasteiger partial charge in [0.25, 0.3) is 0 Å². The Morgan fingerprint density at radius 2 is 2.08 bits per heavy atom. The van der Waals surface area contributed by atoms with E-state index in [2.05, 4.69) is 41.1 Å². The second kappa shape index (κ2) is 2.48. The van der Waals surface area contributed by atoms with Crippen LogP contribution in [0.2, 0.25) is 0 Å². The predicted octanol–water partition coefficient (Wildman–Crippen LogP) is 0.976. The Morgan fingerprint density at radius 3 is 2.77 bits per heavy atom. The molecule has 0 saturated carbocycles. The molecule has 0 aromatic carbocycles. The van der Waals surface area contributed by atoms with Crippen molar-refractivity contribution in [1.82, 2.24) is 25.0 Å². The van der Waals surface area contributed by atoms with Gasteiger partial charge in [0.05, 0.1) is 11.7 Å². The topological polar surface area (TPSA) is 56.5 Å². The lowest BCUT2D eigenvalue weighted by Gasteiger charge is -2.18. The van der Waals surface area contributed by atoms with Crippen molar-refractivity contribution in [3.63, 3.8) is 0 Å². The normalized spacial score (nSPS) is 12.2. The fourth-order valence-corrected chi connectivity index (χ4v) is 1.14. The summed E-state index contributed by atoms with van der Waals surface area (Å²) < 4.78 is 1.80. The molecular formula is C8H11N5. The SMILES string of the molecule is CC(C)(C)n1nnc2cncnc21. The summed E-state index contributed by atoms with van der Waals surface area (Å²) in [4.78, 5) is 8.02. The molecule has 2 aromatic rings. The summed E-state index contributed by atoms with van der Waals surface area (Å²) in [5.41, 5.74) is 1.42. The first-order valence-corrected chi connectivity index (χ1v) is 4.11. The lowest BCUT2D eigenvalue weighted by molar-refractivity contribution is 0.356. The highest BCUT2D eigenvalue weighted by Crippen LogP contribution is 2.16. The van der Waals surface area contributed by atoms with Crippen molar-refractivity contribution >= 4 is 11.2 Å². The van der Waals surface area contributed by atoms with Crippen molar-refractivity contribution in [2.45, 2.75) is 26.3 Å². The number of nitrogens with zero attached hydrogens (tertiary/aromatic N) is 5. The van der Waals surface area contributed by atoms with Gasteiger partial charge in [0.2, 0.25) is 0 Å². The molecule has 0 unspecified atom stereocenters. The van der Waals surface area contributed by atoms with Gasteiger partial charge in [0.1, 0.15) is 6.33 Å². The zero-order valence-corrected chi connectivity index (χ0v) is 7.89. The second-order valence-corrected chi connectivity index (χ2v) is 3.90. The summed E-state index contributed by atoms with van der Waals surface area (Å²) in [7, 11) is 0. The van der Waals surface area contributed by atoms with Crippen molar-refractivity contribution in [2.24, 2.45) is 0 Å². The average Bonchev–Trinajstić information content (AvgIpc) is 2.45. The quantitative estimate of drug-likeness (QED) is 0.601. The molecule has 0 fully saturated rings. The molecule has 2 aromatic heterocycles. The minimum Gasteiger partial charge on any atom is -0.242 e. The van der Waals surface area contributed by atoms with Crippen LogP contribution in [0, 0.1) is 0 Å². The molecule has 0 spiro atoms. The van der Waals surface area contributed by atoms with E-state index in [9.17, 15) is 0 Å². The van der Waals surface area contributed by atoms with Gasteiger partial charge in [-0.3, -0.25) is 0 Å². The van der Waals surface area contributed by atoms with Crippen LogP contribution in [0.4, 0.5) is 0 Å². The third-order valence-corrected chi connectivity index (χ3v) is 1.75. The summed E-state index contributed by atoms with van der Waals surface area (Å²) in [6, 6.07) is 0. The van der Waals surface area contributed by atoms with Gasteiger partial charge in [-0.15, -0.1) is 5.10 Å². The Hall–Kier alpha value is -1.52. The molecule has 68 valence electrons. The van der Waals surface area contributed by atoms with Crippen LogP contribution < -0.4 is 0 Å². The average molecular weight is 177 g/mol. The molecular weight excluding hydrogens is 166 g/mol. The third kappa shape index (κ3) is 1.26. The van der Waals surface area contributed by atoms with E-state index in [1.165, 1.54) is 6.33 Å². The molecule has 5 nitrogen and oxygen atoms in total. The monoisotopic (exact) mass is 177 g/mol. The van der Waals surface area contributed by atoms with E-state index in [-0.39, 0.29) is 5.54 Å². The van der Waals surface area contributed by atoms with Crippen molar-refractivity contribution in [3.05, 3.63) is 12.5 Å². The largest absolute Gasteiger partial charge is 0.242 e. The smallest absolute Gasteiger partial charge is 0.182 e. The summed E-state index contributed by atoms with van der Waals surface area (Å²) in [5.74, 6) is 0. The Kier molecular flexibility index (Phi) is 1.55. The van der Waals surface area contributed by atoms with E-state index >= 15 is 0 Å². The van der Waals surface area contributed by atoms with E-state index in [1.54, 1.807) is 10.9 Å². The lowest BCUT2D eigenvalue weighted by atomic mass is 10.1. The Labute approximate surface area is 75.8 Å². The standard InChI is InChI=1S/C8H11N5/c1-8(2,3)13-7-6(11-12-13)4-9-5-10-7/h4-5H,1-3H3. The number of hydrogen-bond donors (Lipinski definition) is 0. The van der Waals surface area contributed by atoms with Gasteiger partial charge in [0.15, 0.2) is 11.2 Å². The Bertz CT molecular complexity index is 425. The highest BCUT2D eigenvalue weighted by molar-refractivity contribution is 5.67. The molecule has 13 heavy (non-hydrogen) atoms. The molecule has 0 saturated heterocycles. The van der Waals surface area contributed by atoms with Gasteiger partial charge in [-0.25, -0.2) is 14.6 Å². The molecule has 0 aliphatic carbocycles. The lowest BCUT2D eigenvalue weighted by Crippen LogP contribution is -2.23. The van der Waals surface area contributed by atoms with Crippen molar-refractivity contribution < 1.29 is 0 Å². The zero-order chi connectivity index (χ0) is 9.47. The Balaban J connectivity index is 2.72. The van der Waals surface area contributed by atoms with E-state index in [0.717, 1.165) is 11.2 Å². The first-order chi connectivity index (χ1) is 6.09. The van der Waals surface area contributed by atoms with Gasteiger partial charge in [0, 0.05) is 0 Å². The molecule has 2 heterocycles. The number of fused-ring (bicyclic) bond motifs is 1. The van der Waals surface area contributed by atoms with Crippen LogP contribution in [0.3, 0.4) is 0 Å². The van der Waals surface area contributed by atoms with Crippen LogP contribution in [-0.4, -0.2) is 25.0 Å². The van der Waals surface area contributed by atoms with E-state index in [1.807, 2.05) is 0 Å². The fraction of sp³-hybridized carbons (Fsp3) is 0.500. The summed E-state index contributed by atoms with van der Waals surface area (Å²) >= 11 is 0. The van der Waals surface area contributed by atoms with Crippen LogP contribution in [0.25, 0.3) is 11.2 Å². The van der Waals surface area contributed by atoms with Gasteiger partial charge in [-0.05, 0) is 20.8 Å². The summed E-state index contributed by atoms with van der Waals surface area (Å²) in [6.07, 6.45) is 3.17. The highest BCUT2D eigenvalue weighted by atomic mass is 15.5. The van der Waals surface area contributed by atoms with Gasteiger partial charge >= 0.3 is 0 Å². The van der Waals surface area contributed by atoms with E-state index < -0.39 is 0 Å². The number of rotatable bonds is 0. The maximum absolute atomic E-state index is 4.13. The first-order valence-electron chi connectivity index (χ1n) is 4.11. The molecule has 5 heteroatoms. The van der Waals surface area contributed by atoms with Crippen LogP contribution in [0.1, 0.15) is 20.8 Å². The van der Waals surface area contributed by atoms with Crippen LogP contribution in [0.15, 0.2) is 12.5 Å². The molecule has 0 aliphatic heterocycles. The Morgan fingerprint density at radius 1 is 1.31 bits per heavy atom. The molecule has 0 bridgehead atoms. The van der Waals surface area contributed by atoms with Gasteiger partial charge < -0.3 is 0 Å². The molecule has 2 rings (SSSR count). The maximum Gasteiger partial charge on any atom is 0.182 e. The van der Waals surface area contributed by atoms with Crippen LogP contribution in [-0.2, 0) is 5.54 Å². The minimum absolute atomic E-state index is 0.0941. The van der Waals surface area contributed by atoms with E-state index in [4.69, 9.17) is 0 Å². The van der Waals surface area contributed by atoms with Gasteiger partial charge in [-0.2, -0.15) is 0 Å². The molecule has 0 N–H and O–H groups in total. The first kappa shape index (κ1) is 8.10. The number of aromatic nitrogens is 5. The van der Waals surface area contributed by atoms with E-state index in [0.29, 0.717) is 0 Å². The third-order valence-electron chi connectivity index (χ3n) is 1.75. The molecule has 0 atom stereocenters. The van der Waals surface area contributed by atoms with Crippen LogP contribution >= 0.6 is 0 Å². The van der Waals surface area contributed by atoms with Gasteiger partial charge in [-0.1, -0.05) is 5.21 Å². The fourth-order valence-electron chi connectivity index (χ4n) is 1.14. The van der Waals surface area contributed by atoms with Crippen molar-refractivity contribution in [1.29, 1.82) is 0 Å². The zero-order valence-electron chi connectivity index (χ0n) is 7.89. The van der Waals surface area contributed by atoms with Crippen molar-refractivity contribution in [3.8, 4) is 0 Å². The van der Waals surface area contributed by atoms with Crippen molar-refractivity contribution in [2.75, 3.05) is 0 Å². The molecule has 0 aliphatic rings. The summed E-state index contributed by atoms with van der Waals surface area (Å²) in [5, 5.41) is 8.00. The van der Waals surface area contributed by atoms with Crippen LogP contribution in [0.5, 0.6) is 0 Å². The second-order valence-electron chi connectivity index (χ2n) is 3.90. The molecule has 0 amide bonds. The molecule has 0 radical (unpaired) electrons. The summed E-state index contributed by atoms with van der Waals surface area (Å²) in [6.45, 7) is 6.18.